The molecule has 0 spiro atoms. The Balaban J connectivity index is 1.57. The van der Waals surface area contributed by atoms with Gasteiger partial charge in [-0.15, -0.1) is 0 Å². The second-order valence-electron chi connectivity index (χ2n) is 8.21. The number of amides is 1. The Kier molecular flexibility index (Phi) is 7.91. The number of ether oxygens (including phenoxy) is 2. The lowest BCUT2D eigenvalue weighted by Crippen LogP contribution is -2.52. The summed E-state index contributed by atoms with van der Waals surface area (Å²) in [4.78, 5) is 17.3. The van der Waals surface area contributed by atoms with Gasteiger partial charge in [-0.1, -0.05) is 29.8 Å². The Labute approximate surface area is 216 Å². The average molecular weight is 530 g/mol. The second-order valence-corrected chi connectivity index (χ2v) is 10.5. The van der Waals surface area contributed by atoms with Crippen molar-refractivity contribution in [3.8, 4) is 11.5 Å². The number of hydrogen-bond donors (Lipinski definition) is 0. The second kappa shape index (κ2) is 11.1. The van der Waals surface area contributed by atoms with E-state index in [0.29, 0.717) is 48.4 Å². The lowest BCUT2D eigenvalue weighted by Gasteiger charge is -2.37. The molecule has 0 N–H and O–H groups in total. The van der Waals surface area contributed by atoms with Crippen LogP contribution in [0.25, 0.3) is 0 Å². The van der Waals surface area contributed by atoms with Crippen molar-refractivity contribution in [1.29, 1.82) is 0 Å². The Hall–Kier alpha value is -3.43. The van der Waals surface area contributed by atoms with Gasteiger partial charge in [-0.05, 0) is 54.6 Å². The van der Waals surface area contributed by atoms with Crippen LogP contribution in [0.5, 0.6) is 11.5 Å². The fraction of sp³-hybridized carbons (Fsp3) is 0.269. The van der Waals surface area contributed by atoms with Gasteiger partial charge in [0.25, 0.3) is 10.0 Å². The van der Waals surface area contributed by atoms with Crippen LogP contribution >= 0.6 is 11.6 Å². The molecule has 1 aliphatic rings. The van der Waals surface area contributed by atoms with Gasteiger partial charge in [-0.25, -0.2) is 8.42 Å². The zero-order valence-electron chi connectivity index (χ0n) is 20.1. The van der Waals surface area contributed by atoms with Crippen molar-refractivity contribution in [2.75, 3.05) is 56.1 Å². The van der Waals surface area contributed by atoms with E-state index in [1.165, 1.54) is 26.4 Å². The number of carbonyl (C=O) groups is 1. The first-order valence-electron chi connectivity index (χ1n) is 11.4. The highest BCUT2D eigenvalue weighted by Crippen LogP contribution is 2.33. The van der Waals surface area contributed by atoms with E-state index in [1.807, 2.05) is 24.3 Å². The minimum absolute atomic E-state index is 0.0489. The molecule has 3 aromatic carbocycles. The number of carbonyl (C=O) groups excluding carboxylic acids is 1. The van der Waals surface area contributed by atoms with Crippen molar-refractivity contribution in [3.05, 3.63) is 77.8 Å². The Morgan fingerprint density at radius 3 is 2.25 bits per heavy atom. The molecule has 8 nitrogen and oxygen atoms in total. The minimum atomic E-state index is -4.08. The van der Waals surface area contributed by atoms with Gasteiger partial charge in [0.2, 0.25) is 5.91 Å². The third kappa shape index (κ3) is 5.52. The number of halogens is 1. The summed E-state index contributed by atoms with van der Waals surface area (Å²) in [6.07, 6.45) is 0. The maximum absolute atomic E-state index is 13.7. The number of nitrogens with zero attached hydrogens (tertiary/aromatic N) is 3. The number of hydrogen-bond acceptors (Lipinski definition) is 6. The van der Waals surface area contributed by atoms with Gasteiger partial charge in [0.05, 0.1) is 24.8 Å². The molecular weight excluding hydrogens is 502 g/mol. The molecule has 10 heteroatoms. The van der Waals surface area contributed by atoms with Crippen molar-refractivity contribution in [1.82, 2.24) is 4.90 Å². The van der Waals surface area contributed by atoms with Crippen molar-refractivity contribution in [3.63, 3.8) is 0 Å². The molecule has 0 aliphatic carbocycles. The molecule has 1 fully saturated rings. The highest BCUT2D eigenvalue weighted by molar-refractivity contribution is 7.92. The zero-order chi connectivity index (χ0) is 25.7. The van der Waals surface area contributed by atoms with Crippen LogP contribution in [0.15, 0.2) is 77.7 Å². The van der Waals surface area contributed by atoms with Crippen LogP contribution in [0.3, 0.4) is 0 Å². The smallest absolute Gasteiger partial charge is 0.264 e. The molecule has 0 saturated carbocycles. The van der Waals surface area contributed by atoms with E-state index in [9.17, 15) is 13.2 Å². The summed E-state index contributed by atoms with van der Waals surface area (Å²) in [6.45, 7) is 1.81. The SMILES string of the molecule is COc1ccc(S(=O)(=O)N(CC(=O)N2CCN(c3cccc(Cl)c3)CC2)c2ccccc2OC)cc1. The molecule has 36 heavy (non-hydrogen) atoms. The molecule has 190 valence electrons. The predicted octanol–water partition coefficient (Wildman–Crippen LogP) is 3.90. The Morgan fingerprint density at radius 1 is 0.917 bits per heavy atom. The van der Waals surface area contributed by atoms with E-state index >= 15 is 0 Å². The molecule has 3 aromatic rings. The van der Waals surface area contributed by atoms with Crippen LogP contribution in [-0.4, -0.2) is 66.2 Å². The number of methoxy groups -OCH3 is 2. The van der Waals surface area contributed by atoms with Crippen LogP contribution in [0.1, 0.15) is 0 Å². The van der Waals surface area contributed by atoms with Crippen LogP contribution < -0.4 is 18.7 Å². The van der Waals surface area contributed by atoms with Crippen molar-refractivity contribution in [2.24, 2.45) is 0 Å². The summed E-state index contributed by atoms with van der Waals surface area (Å²) in [5.41, 5.74) is 1.29. The summed E-state index contributed by atoms with van der Waals surface area (Å²) in [6, 6.07) is 20.4. The van der Waals surface area contributed by atoms with E-state index in [1.54, 1.807) is 41.3 Å². The predicted molar refractivity (Wildman–Crippen MR) is 141 cm³/mol. The first-order valence-corrected chi connectivity index (χ1v) is 13.2. The molecule has 0 aromatic heterocycles. The normalized spacial score (nSPS) is 13.9. The Morgan fingerprint density at radius 2 is 1.61 bits per heavy atom. The molecule has 0 radical (unpaired) electrons. The van der Waals surface area contributed by atoms with Crippen LogP contribution in [0.4, 0.5) is 11.4 Å². The monoisotopic (exact) mass is 529 g/mol. The number of para-hydroxylation sites is 2. The first kappa shape index (κ1) is 25.7. The molecule has 0 bridgehead atoms. The molecule has 0 unspecified atom stereocenters. The van der Waals surface area contributed by atoms with E-state index in [-0.39, 0.29) is 17.3 Å². The van der Waals surface area contributed by atoms with Gasteiger partial charge < -0.3 is 19.3 Å². The largest absolute Gasteiger partial charge is 0.497 e. The fourth-order valence-corrected chi connectivity index (χ4v) is 5.73. The minimum Gasteiger partial charge on any atom is -0.497 e. The van der Waals surface area contributed by atoms with E-state index in [4.69, 9.17) is 21.1 Å². The molecule has 1 aliphatic heterocycles. The van der Waals surface area contributed by atoms with Gasteiger partial charge in [0.15, 0.2) is 0 Å². The molecule has 4 rings (SSSR count). The third-order valence-electron chi connectivity index (χ3n) is 6.09. The highest BCUT2D eigenvalue weighted by Gasteiger charge is 2.32. The van der Waals surface area contributed by atoms with Gasteiger partial charge in [-0.2, -0.15) is 0 Å². The molecule has 1 heterocycles. The number of rotatable bonds is 8. The Bertz CT molecular complexity index is 1310. The van der Waals surface area contributed by atoms with Crippen molar-refractivity contribution in [2.45, 2.75) is 4.90 Å². The lowest BCUT2D eigenvalue weighted by molar-refractivity contribution is -0.129. The standard InChI is InChI=1S/C26H28ClN3O5S/c1-34-22-10-12-23(13-11-22)36(32,33)30(24-8-3-4-9-25(24)35-2)19-26(31)29-16-14-28(15-17-29)21-7-5-6-20(27)18-21/h3-13,18H,14-17,19H2,1-2H3. The summed E-state index contributed by atoms with van der Waals surface area (Å²) in [5, 5.41) is 0.655. The number of anilines is 2. The third-order valence-corrected chi connectivity index (χ3v) is 8.09. The van der Waals surface area contributed by atoms with Crippen molar-refractivity contribution >= 4 is 38.9 Å². The summed E-state index contributed by atoms with van der Waals surface area (Å²) in [7, 11) is -1.10. The number of piperazine rings is 1. The van der Waals surface area contributed by atoms with Crippen LogP contribution in [0.2, 0.25) is 5.02 Å². The number of benzene rings is 3. The zero-order valence-corrected chi connectivity index (χ0v) is 21.7. The lowest BCUT2D eigenvalue weighted by atomic mass is 10.2. The van der Waals surface area contributed by atoms with E-state index < -0.39 is 10.0 Å². The number of sulfonamides is 1. The molecule has 1 amide bonds. The highest BCUT2D eigenvalue weighted by atomic mass is 35.5. The average Bonchev–Trinajstić information content (AvgIpc) is 2.91. The van der Waals surface area contributed by atoms with Crippen molar-refractivity contribution < 1.29 is 22.7 Å². The topological polar surface area (TPSA) is 79.4 Å². The van der Waals surface area contributed by atoms with E-state index in [0.717, 1.165) is 9.99 Å². The summed E-state index contributed by atoms with van der Waals surface area (Å²) in [5.74, 6) is 0.600. The maximum atomic E-state index is 13.7. The summed E-state index contributed by atoms with van der Waals surface area (Å²) < 4.78 is 39.1. The van der Waals surface area contributed by atoms with Crippen LogP contribution in [0, 0.1) is 0 Å². The van der Waals surface area contributed by atoms with Crippen LogP contribution in [-0.2, 0) is 14.8 Å². The quantitative estimate of drug-likeness (QED) is 0.440. The van der Waals surface area contributed by atoms with Gasteiger partial charge in [0.1, 0.15) is 18.0 Å². The summed E-state index contributed by atoms with van der Waals surface area (Å²) >= 11 is 6.12. The maximum Gasteiger partial charge on any atom is 0.264 e. The fourth-order valence-electron chi connectivity index (χ4n) is 4.12. The van der Waals surface area contributed by atoms with Gasteiger partial charge >= 0.3 is 0 Å². The first-order chi connectivity index (χ1) is 17.3. The molecule has 1 saturated heterocycles. The van der Waals surface area contributed by atoms with E-state index in [2.05, 4.69) is 4.90 Å². The molecule has 0 atom stereocenters. The van der Waals surface area contributed by atoms with Gasteiger partial charge in [0, 0.05) is 36.9 Å². The molecular formula is C26H28ClN3O5S. The van der Waals surface area contributed by atoms with Gasteiger partial charge in [-0.3, -0.25) is 9.10 Å².